The maximum atomic E-state index is 15.0. The number of rotatable bonds is 5. The number of hydrogen-bond donors (Lipinski definition) is 2. The number of aliphatic hydroxyl groups is 1. The minimum absolute atomic E-state index is 0.131. The molecule has 5 bridgehead atoms. The average Bonchev–Trinajstić information content (AvgIpc) is 3.60. The van der Waals surface area contributed by atoms with Crippen LogP contribution in [0.5, 0.6) is 0 Å². The minimum atomic E-state index is -1.39. The Labute approximate surface area is 253 Å². The Hall–Kier alpha value is -3.50. The van der Waals surface area contributed by atoms with E-state index < -0.39 is 53.6 Å². The summed E-state index contributed by atoms with van der Waals surface area (Å²) in [6.45, 7) is 9.57. The minimum Gasteiger partial charge on any atom is -0.460 e. The van der Waals surface area contributed by atoms with Gasteiger partial charge in [-0.3, -0.25) is 19.2 Å². The molecular weight excluding hydrogens is 550 g/mol. The van der Waals surface area contributed by atoms with Crippen LogP contribution in [0.2, 0.25) is 0 Å². The molecule has 0 aromatic heterocycles. The Morgan fingerprint density at radius 2 is 1.88 bits per heavy atom. The van der Waals surface area contributed by atoms with Crippen molar-refractivity contribution in [1.29, 1.82) is 0 Å². The number of likely N-dealkylation sites (tertiary alicyclic amines) is 1. The average molecular weight is 594 g/mol. The number of benzene rings is 1. The lowest BCUT2D eigenvalue weighted by molar-refractivity contribution is -0.159. The summed E-state index contributed by atoms with van der Waals surface area (Å²) in [4.78, 5) is 58.6. The number of anilines is 1. The van der Waals surface area contributed by atoms with Gasteiger partial charge in [0.2, 0.25) is 11.8 Å². The maximum Gasteiger partial charge on any atom is 0.313 e. The van der Waals surface area contributed by atoms with Crippen molar-refractivity contribution in [2.24, 2.45) is 17.8 Å². The van der Waals surface area contributed by atoms with Crippen LogP contribution in [0, 0.1) is 31.6 Å². The standard InChI is InChI=1S/C33H43N3O7/c1-19(2)15-23(18-37)36-29-31(40)35(24-16-20(3)10-11-21(24)4)14-8-6-7-9-26(38)34-17-22(5)42-32(41)27-25-12-13-33(29,43-25)28(27)30(36)39/h6,8,10-13,16,19,22-23,25,27-29,37H,7,9,14-15,17-18H2,1-5H3,(H,34,38)/b8-6-/t22-,23+,25+,27-,28-,29+,33-/m0/s1. The molecule has 5 rings (SSSR count). The van der Waals surface area contributed by atoms with Crippen LogP contribution < -0.4 is 10.2 Å². The van der Waals surface area contributed by atoms with E-state index in [1.807, 2.05) is 58.0 Å². The first-order valence-corrected chi connectivity index (χ1v) is 15.3. The van der Waals surface area contributed by atoms with E-state index in [2.05, 4.69) is 5.32 Å². The first-order chi connectivity index (χ1) is 20.5. The first kappa shape index (κ1) is 30.9. The molecule has 10 heteroatoms. The number of esters is 1. The highest BCUT2D eigenvalue weighted by Crippen LogP contribution is 2.56. The molecule has 1 spiro atoms. The molecule has 1 aromatic carbocycles. The molecule has 3 amide bonds. The molecule has 0 unspecified atom stereocenters. The number of allylic oxidation sites excluding steroid dienone is 1. The summed E-state index contributed by atoms with van der Waals surface area (Å²) in [5.74, 6) is -3.35. The van der Waals surface area contributed by atoms with Crippen LogP contribution in [0.3, 0.4) is 0 Å². The third-order valence-electron chi connectivity index (χ3n) is 8.98. The second-order valence-electron chi connectivity index (χ2n) is 12.7. The number of aryl methyl sites for hydroxylation is 2. The van der Waals surface area contributed by atoms with Crippen LogP contribution in [0.25, 0.3) is 0 Å². The number of aliphatic hydroxyl groups excluding tert-OH is 1. The fourth-order valence-electron chi connectivity index (χ4n) is 7.01. The van der Waals surface area contributed by atoms with E-state index in [0.29, 0.717) is 18.5 Å². The van der Waals surface area contributed by atoms with E-state index in [-0.39, 0.29) is 43.8 Å². The highest BCUT2D eigenvalue weighted by molar-refractivity contribution is 6.05. The number of nitrogens with zero attached hydrogens (tertiary/aromatic N) is 2. The van der Waals surface area contributed by atoms with Crippen molar-refractivity contribution >= 4 is 29.4 Å². The smallest absolute Gasteiger partial charge is 0.313 e. The monoisotopic (exact) mass is 593 g/mol. The third kappa shape index (κ3) is 5.62. The second-order valence-corrected chi connectivity index (χ2v) is 12.7. The fraction of sp³-hybridized carbons (Fsp3) is 0.576. The van der Waals surface area contributed by atoms with Gasteiger partial charge >= 0.3 is 5.97 Å². The molecule has 1 aromatic rings. The first-order valence-electron chi connectivity index (χ1n) is 15.3. The van der Waals surface area contributed by atoms with Crippen molar-refractivity contribution in [3.8, 4) is 0 Å². The molecule has 43 heavy (non-hydrogen) atoms. The van der Waals surface area contributed by atoms with Crippen molar-refractivity contribution < 1.29 is 33.8 Å². The van der Waals surface area contributed by atoms with E-state index in [9.17, 15) is 24.3 Å². The number of hydrogen-bond acceptors (Lipinski definition) is 7. The molecule has 4 aliphatic heterocycles. The summed E-state index contributed by atoms with van der Waals surface area (Å²) in [6, 6.07) is 4.11. The lowest BCUT2D eigenvalue weighted by Crippen LogP contribution is -2.59. The zero-order chi connectivity index (χ0) is 31.1. The van der Waals surface area contributed by atoms with Gasteiger partial charge in [0, 0.05) is 18.7 Å². The van der Waals surface area contributed by atoms with Crippen molar-refractivity contribution in [3.63, 3.8) is 0 Å². The Morgan fingerprint density at radius 1 is 1.12 bits per heavy atom. The highest BCUT2D eigenvalue weighted by atomic mass is 16.6. The van der Waals surface area contributed by atoms with Crippen LogP contribution in [0.1, 0.15) is 51.2 Å². The topological polar surface area (TPSA) is 125 Å². The summed E-state index contributed by atoms with van der Waals surface area (Å²) in [5, 5.41) is 13.4. The molecule has 7 atom stereocenters. The lowest BCUT2D eigenvalue weighted by Gasteiger charge is -2.39. The van der Waals surface area contributed by atoms with Crippen molar-refractivity contribution in [2.45, 2.75) is 83.8 Å². The van der Waals surface area contributed by atoms with Gasteiger partial charge in [0.05, 0.1) is 31.2 Å². The summed E-state index contributed by atoms with van der Waals surface area (Å²) < 4.78 is 12.2. The fourth-order valence-corrected chi connectivity index (χ4v) is 7.01. The highest BCUT2D eigenvalue weighted by Gasteiger charge is 2.74. The quantitative estimate of drug-likeness (QED) is 0.397. The van der Waals surface area contributed by atoms with Crippen LogP contribution in [-0.4, -0.2) is 83.3 Å². The van der Waals surface area contributed by atoms with Crippen molar-refractivity contribution in [3.05, 3.63) is 53.6 Å². The SMILES string of the molecule is Cc1ccc(C)c(N2C/C=C\CCC(=O)NC[C@H](C)OC(=O)[C@@H]3[C@H]4C(=O)N([C@@H](CO)CC(C)C)[C@H](C2=O)[C@]42C=C[C@H]3O2)c1. The van der Waals surface area contributed by atoms with Crippen LogP contribution >= 0.6 is 0 Å². The van der Waals surface area contributed by atoms with Gasteiger partial charge in [-0.2, -0.15) is 0 Å². The van der Waals surface area contributed by atoms with Gasteiger partial charge in [0.25, 0.3) is 5.91 Å². The van der Waals surface area contributed by atoms with Crippen LogP contribution in [0.15, 0.2) is 42.5 Å². The Bertz CT molecular complexity index is 1340. The van der Waals surface area contributed by atoms with Crippen molar-refractivity contribution in [1.82, 2.24) is 10.2 Å². The van der Waals surface area contributed by atoms with Crippen LogP contribution in [-0.2, 0) is 28.7 Å². The van der Waals surface area contributed by atoms with Crippen LogP contribution in [0.4, 0.5) is 5.69 Å². The molecule has 2 N–H and O–H groups in total. The molecule has 4 heterocycles. The zero-order valence-corrected chi connectivity index (χ0v) is 25.6. The Morgan fingerprint density at radius 3 is 2.60 bits per heavy atom. The molecule has 0 aliphatic carbocycles. The predicted octanol–water partition coefficient (Wildman–Crippen LogP) is 2.59. The summed E-state index contributed by atoms with van der Waals surface area (Å²) >= 11 is 0. The largest absolute Gasteiger partial charge is 0.460 e. The summed E-state index contributed by atoms with van der Waals surface area (Å²) in [7, 11) is 0. The van der Waals surface area contributed by atoms with Gasteiger partial charge in [-0.05, 0) is 56.7 Å². The van der Waals surface area contributed by atoms with E-state index in [0.717, 1.165) is 11.1 Å². The van der Waals surface area contributed by atoms with Crippen molar-refractivity contribution in [2.75, 3.05) is 24.6 Å². The van der Waals surface area contributed by atoms with E-state index >= 15 is 0 Å². The summed E-state index contributed by atoms with van der Waals surface area (Å²) in [5.41, 5.74) is 1.16. The molecule has 2 saturated heterocycles. The Balaban J connectivity index is 1.65. The van der Waals surface area contributed by atoms with Gasteiger partial charge in [-0.1, -0.05) is 50.3 Å². The molecular formula is C33H43N3O7. The number of cyclic esters (lactones) is 1. The van der Waals surface area contributed by atoms with E-state index in [4.69, 9.17) is 9.47 Å². The summed E-state index contributed by atoms with van der Waals surface area (Å²) in [6.07, 6.45) is 7.07. The van der Waals surface area contributed by atoms with Gasteiger partial charge in [0.1, 0.15) is 23.7 Å². The van der Waals surface area contributed by atoms with E-state index in [1.165, 1.54) is 4.90 Å². The van der Waals surface area contributed by atoms with Gasteiger partial charge < -0.3 is 29.7 Å². The number of ether oxygens (including phenoxy) is 2. The molecule has 4 aliphatic rings. The van der Waals surface area contributed by atoms with Gasteiger partial charge in [-0.15, -0.1) is 0 Å². The normalized spacial score (nSPS) is 32.7. The van der Waals surface area contributed by atoms with Gasteiger partial charge in [-0.25, -0.2) is 0 Å². The number of carbonyl (C=O) groups excluding carboxylic acids is 4. The predicted molar refractivity (Wildman–Crippen MR) is 160 cm³/mol. The third-order valence-corrected chi connectivity index (χ3v) is 8.98. The lowest BCUT2D eigenvalue weighted by atomic mass is 9.74. The maximum absolute atomic E-state index is 15.0. The molecule has 232 valence electrons. The Kier molecular flexibility index (Phi) is 8.81. The molecule has 0 saturated carbocycles. The number of fused-ring (bicyclic) bond motifs is 2. The number of amides is 3. The molecule has 10 nitrogen and oxygen atoms in total. The molecule has 0 radical (unpaired) electrons. The number of nitrogens with one attached hydrogen (secondary N) is 1. The van der Waals surface area contributed by atoms with Gasteiger partial charge in [0.15, 0.2) is 0 Å². The number of carbonyl (C=O) groups is 4. The molecule has 2 fully saturated rings. The second kappa shape index (κ2) is 12.2. The van der Waals surface area contributed by atoms with E-state index in [1.54, 1.807) is 24.0 Å². The zero-order valence-electron chi connectivity index (χ0n) is 25.6.